The van der Waals surface area contributed by atoms with Crippen molar-refractivity contribution in [3.8, 4) is 0 Å². The fourth-order valence-corrected chi connectivity index (χ4v) is 1.86. The number of carbonyl (C=O) groups excluding carboxylic acids is 1. The molecule has 0 heterocycles. The van der Waals surface area contributed by atoms with Crippen molar-refractivity contribution in [2.45, 2.75) is 17.2 Å². The summed E-state index contributed by atoms with van der Waals surface area (Å²) in [5, 5.41) is 0.380. The first kappa shape index (κ1) is 12.1. The van der Waals surface area contributed by atoms with E-state index in [1.165, 1.54) is 0 Å². The van der Waals surface area contributed by atoms with Gasteiger partial charge >= 0.3 is 0 Å². The maximum atomic E-state index is 11.2. The van der Waals surface area contributed by atoms with Crippen molar-refractivity contribution in [1.29, 1.82) is 0 Å². The molecule has 1 aromatic rings. The lowest BCUT2D eigenvalue weighted by Crippen LogP contribution is -2.05. The zero-order chi connectivity index (χ0) is 10.6. The second kappa shape index (κ2) is 5.79. The van der Waals surface area contributed by atoms with Crippen molar-refractivity contribution in [2.24, 2.45) is 0 Å². The van der Waals surface area contributed by atoms with Crippen LogP contribution >= 0.6 is 40.2 Å². The molecule has 0 unspecified atom stereocenters. The molecule has 4 heteroatoms. The molecule has 0 aromatic heterocycles. The lowest BCUT2D eigenvalue weighted by atomic mass is 10.0. The number of Topliss-reactive ketones (excluding diaryl/α,β-unsaturated/α-hetero) is 1. The van der Waals surface area contributed by atoms with Crippen LogP contribution < -0.4 is 0 Å². The average Bonchev–Trinajstić information content (AvgIpc) is 2.18. The van der Waals surface area contributed by atoms with Crippen LogP contribution in [-0.2, 0) is 17.1 Å². The molecule has 76 valence electrons. The molecule has 0 aliphatic rings. The lowest BCUT2D eigenvalue weighted by molar-refractivity contribution is -0.115. The smallest absolute Gasteiger partial charge is 0.147 e. The van der Waals surface area contributed by atoms with E-state index >= 15 is 0 Å². The predicted molar refractivity (Wildman–Crippen MR) is 65.8 cm³/mol. The van der Waals surface area contributed by atoms with Gasteiger partial charge in [0.1, 0.15) is 5.78 Å². The summed E-state index contributed by atoms with van der Waals surface area (Å²) in [6.45, 7) is 0. The molecule has 0 spiro atoms. The van der Waals surface area contributed by atoms with Crippen LogP contribution in [-0.4, -0.2) is 11.1 Å². The first-order chi connectivity index (χ1) is 6.67. The highest BCUT2D eigenvalue weighted by atomic mass is 79.9. The van der Waals surface area contributed by atoms with E-state index in [2.05, 4.69) is 28.6 Å². The monoisotopic (exact) mass is 292 g/mol. The van der Waals surface area contributed by atoms with Gasteiger partial charge in [-0.25, -0.2) is 0 Å². The van der Waals surface area contributed by atoms with Crippen LogP contribution in [0.5, 0.6) is 0 Å². The Morgan fingerprint density at radius 3 is 2.71 bits per heavy atom. The number of rotatable bonds is 4. The summed E-state index contributed by atoms with van der Waals surface area (Å²) in [5.74, 6) is 0.578. The van der Waals surface area contributed by atoms with E-state index in [4.69, 9.17) is 11.6 Å². The molecule has 0 fully saturated rings. The third-order valence-electron chi connectivity index (χ3n) is 1.87. The van der Waals surface area contributed by atoms with Crippen molar-refractivity contribution in [3.05, 3.63) is 29.3 Å². The Morgan fingerprint density at radius 1 is 1.43 bits per heavy atom. The van der Waals surface area contributed by atoms with Crippen molar-refractivity contribution < 1.29 is 4.79 Å². The van der Waals surface area contributed by atoms with Gasteiger partial charge in [0.05, 0.1) is 5.33 Å². The highest BCUT2D eigenvalue weighted by Gasteiger charge is 2.06. The third kappa shape index (κ3) is 3.30. The van der Waals surface area contributed by atoms with Crippen LogP contribution in [0, 0.1) is 0 Å². The molecule has 0 N–H and O–H groups in total. The van der Waals surface area contributed by atoms with Gasteiger partial charge < -0.3 is 0 Å². The minimum Gasteiger partial charge on any atom is -0.298 e. The van der Waals surface area contributed by atoms with Gasteiger partial charge in [0.15, 0.2) is 0 Å². The Morgan fingerprint density at radius 2 is 2.14 bits per heavy atom. The van der Waals surface area contributed by atoms with Gasteiger partial charge in [-0.3, -0.25) is 4.79 Å². The molecule has 0 aliphatic heterocycles. The Kier molecular flexibility index (Phi) is 4.99. The van der Waals surface area contributed by atoms with E-state index in [0.29, 0.717) is 17.6 Å². The molecule has 0 amide bonds. The van der Waals surface area contributed by atoms with Crippen molar-refractivity contribution in [1.82, 2.24) is 0 Å². The molecule has 0 atom stereocenters. The minimum atomic E-state index is 0.148. The molecular formula is C10H10BrClOS. The molecule has 1 nitrogen and oxygen atoms in total. The van der Waals surface area contributed by atoms with Gasteiger partial charge in [0.25, 0.3) is 0 Å². The molecule has 0 saturated heterocycles. The standard InChI is InChI=1S/C10H10BrClOS/c11-5-9(13)3-8-4-10(14)2-1-7(8)6-12/h1-2,4,14H,3,5-6H2. The normalized spacial score (nSPS) is 10.2. The van der Waals surface area contributed by atoms with E-state index in [1.54, 1.807) is 0 Å². The van der Waals surface area contributed by atoms with Crippen LogP contribution in [0.3, 0.4) is 0 Å². The van der Waals surface area contributed by atoms with Crippen molar-refractivity contribution in [2.75, 3.05) is 5.33 Å². The summed E-state index contributed by atoms with van der Waals surface area (Å²) in [6, 6.07) is 5.68. The first-order valence-corrected chi connectivity index (χ1v) is 6.22. The van der Waals surface area contributed by atoms with Gasteiger partial charge in [-0.1, -0.05) is 22.0 Å². The summed E-state index contributed by atoms with van der Waals surface area (Å²) >= 11 is 13.1. The van der Waals surface area contributed by atoms with Crippen LogP contribution in [0.25, 0.3) is 0 Å². The minimum absolute atomic E-state index is 0.148. The fraction of sp³-hybridized carbons (Fsp3) is 0.300. The van der Waals surface area contributed by atoms with Crippen LogP contribution in [0.4, 0.5) is 0 Å². The Balaban J connectivity index is 2.93. The van der Waals surface area contributed by atoms with E-state index in [1.807, 2.05) is 18.2 Å². The quantitative estimate of drug-likeness (QED) is 0.666. The summed E-state index contributed by atoms with van der Waals surface area (Å²) in [5.41, 5.74) is 1.97. The molecule has 1 rings (SSSR count). The molecule has 0 aliphatic carbocycles. The number of thiol groups is 1. The van der Waals surface area contributed by atoms with Crippen LogP contribution in [0.2, 0.25) is 0 Å². The largest absolute Gasteiger partial charge is 0.298 e. The maximum Gasteiger partial charge on any atom is 0.147 e. The molecule has 0 radical (unpaired) electrons. The van der Waals surface area contributed by atoms with Gasteiger partial charge in [0, 0.05) is 17.2 Å². The number of hydrogen-bond donors (Lipinski definition) is 1. The number of benzene rings is 1. The number of alkyl halides is 2. The van der Waals surface area contributed by atoms with Crippen LogP contribution in [0.1, 0.15) is 11.1 Å². The van der Waals surface area contributed by atoms with E-state index < -0.39 is 0 Å². The number of halogens is 2. The second-order valence-corrected chi connectivity index (χ2v) is 4.28. The second-order valence-electron chi connectivity index (χ2n) is 2.94. The third-order valence-corrected chi connectivity index (χ3v) is 3.06. The van der Waals surface area contributed by atoms with Crippen LogP contribution in [0.15, 0.2) is 23.1 Å². The predicted octanol–water partition coefficient (Wildman–Crippen LogP) is 3.22. The molecule has 0 bridgehead atoms. The van der Waals surface area contributed by atoms with Gasteiger partial charge in [-0.05, 0) is 23.3 Å². The number of carbonyl (C=O) groups is 1. The lowest BCUT2D eigenvalue weighted by Gasteiger charge is -2.06. The van der Waals surface area contributed by atoms with Gasteiger partial charge in [-0.2, -0.15) is 0 Å². The molecule has 1 aromatic carbocycles. The first-order valence-electron chi connectivity index (χ1n) is 4.11. The topological polar surface area (TPSA) is 17.1 Å². The van der Waals surface area contributed by atoms with Gasteiger partial charge in [0.2, 0.25) is 0 Å². The SMILES string of the molecule is O=C(CBr)Cc1cc(S)ccc1CCl. The van der Waals surface area contributed by atoms with Gasteiger partial charge in [-0.15, -0.1) is 24.2 Å². The Bertz CT molecular complexity index is 341. The van der Waals surface area contributed by atoms with E-state index in [9.17, 15) is 4.79 Å². The maximum absolute atomic E-state index is 11.2. The molecule has 0 saturated carbocycles. The molecule has 14 heavy (non-hydrogen) atoms. The van der Waals surface area contributed by atoms with E-state index in [0.717, 1.165) is 16.0 Å². The summed E-state index contributed by atoms with van der Waals surface area (Å²) in [6.07, 6.45) is 0.418. The van der Waals surface area contributed by atoms with Crippen molar-refractivity contribution in [3.63, 3.8) is 0 Å². The fourth-order valence-electron chi connectivity index (χ4n) is 1.17. The highest BCUT2D eigenvalue weighted by molar-refractivity contribution is 9.09. The summed E-state index contributed by atoms with van der Waals surface area (Å²) in [4.78, 5) is 12.1. The summed E-state index contributed by atoms with van der Waals surface area (Å²) in [7, 11) is 0. The summed E-state index contributed by atoms with van der Waals surface area (Å²) < 4.78 is 0. The van der Waals surface area contributed by atoms with Crippen molar-refractivity contribution >= 4 is 45.9 Å². The number of hydrogen-bond acceptors (Lipinski definition) is 2. The zero-order valence-corrected chi connectivity index (χ0v) is 10.7. The average molecular weight is 294 g/mol. The number of ketones is 1. The zero-order valence-electron chi connectivity index (χ0n) is 7.46. The highest BCUT2D eigenvalue weighted by Crippen LogP contribution is 2.17. The molecular weight excluding hydrogens is 284 g/mol. The Labute approximate surface area is 102 Å². The Hall–Kier alpha value is 0.01000. The van der Waals surface area contributed by atoms with E-state index in [-0.39, 0.29) is 5.78 Å².